The van der Waals surface area contributed by atoms with E-state index in [0.717, 1.165) is 43.3 Å². The Morgan fingerprint density at radius 2 is 1.55 bits per heavy atom. The van der Waals surface area contributed by atoms with Crippen LogP contribution in [0.5, 0.6) is 0 Å². The standard InChI is InChI=1S/C18H24N4/c1-14(2)21-10-12-22(13-11-21)18-17(19-8-9-20-18)16-6-4-15(3)5-7-16/h4-9,14H,10-13H2,1-3H3. The van der Waals surface area contributed by atoms with Crippen LogP contribution in [0.3, 0.4) is 0 Å². The molecule has 0 aliphatic carbocycles. The Morgan fingerprint density at radius 1 is 0.909 bits per heavy atom. The fourth-order valence-electron chi connectivity index (χ4n) is 2.93. The van der Waals surface area contributed by atoms with Crippen LogP contribution in [-0.4, -0.2) is 47.1 Å². The van der Waals surface area contributed by atoms with Gasteiger partial charge in [0.15, 0.2) is 5.82 Å². The minimum atomic E-state index is 0.612. The first-order valence-electron chi connectivity index (χ1n) is 8.02. The van der Waals surface area contributed by atoms with E-state index in [1.165, 1.54) is 5.56 Å². The van der Waals surface area contributed by atoms with Crippen molar-refractivity contribution in [2.45, 2.75) is 26.8 Å². The molecule has 1 aromatic heterocycles. The van der Waals surface area contributed by atoms with Gasteiger partial charge in [0.2, 0.25) is 0 Å². The van der Waals surface area contributed by atoms with E-state index in [0.29, 0.717) is 6.04 Å². The quantitative estimate of drug-likeness (QED) is 0.871. The monoisotopic (exact) mass is 296 g/mol. The molecule has 1 aliphatic heterocycles. The molecule has 0 spiro atoms. The van der Waals surface area contributed by atoms with Crippen molar-refractivity contribution in [2.24, 2.45) is 0 Å². The molecular weight excluding hydrogens is 272 g/mol. The van der Waals surface area contributed by atoms with Gasteiger partial charge in [-0.1, -0.05) is 29.8 Å². The minimum Gasteiger partial charge on any atom is -0.352 e. The van der Waals surface area contributed by atoms with Crippen LogP contribution in [0.1, 0.15) is 19.4 Å². The molecule has 2 aromatic rings. The topological polar surface area (TPSA) is 32.3 Å². The van der Waals surface area contributed by atoms with Crippen molar-refractivity contribution in [3.8, 4) is 11.3 Å². The Balaban J connectivity index is 1.85. The lowest BCUT2D eigenvalue weighted by Crippen LogP contribution is -2.49. The molecular formula is C18H24N4. The number of benzene rings is 1. The maximum Gasteiger partial charge on any atom is 0.155 e. The minimum absolute atomic E-state index is 0.612. The molecule has 0 unspecified atom stereocenters. The van der Waals surface area contributed by atoms with E-state index in [4.69, 9.17) is 0 Å². The summed E-state index contributed by atoms with van der Waals surface area (Å²) in [7, 11) is 0. The smallest absolute Gasteiger partial charge is 0.155 e. The lowest BCUT2D eigenvalue weighted by atomic mass is 10.1. The zero-order chi connectivity index (χ0) is 15.5. The van der Waals surface area contributed by atoms with E-state index in [9.17, 15) is 0 Å². The van der Waals surface area contributed by atoms with Crippen molar-refractivity contribution in [1.82, 2.24) is 14.9 Å². The Kier molecular flexibility index (Phi) is 4.39. The lowest BCUT2D eigenvalue weighted by molar-refractivity contribution is 0.209. The number of hydrogen-bond donors (Lipinski definition) is 0. The van der Waals surface area contributed by atoms with Gasteiger partial charge in [0.1, 0.15) is 5.69 Å². The first kappa shape index (κ1) is 15.0. The normalized spacial score (nSPS) is 16.3. The highest BCUT2D eigenvalue weighted by Crippen LogP contribution is 2.27. The second-order valence-corrected chi connectivity index (χ2v) is 6.21. The molecule has 0 radical (unpaired) electrons. The number of nitrogens with zero attached hydrogens (tertiary/aromatic N) is 4. The van der Waals surface area contributed by atoms with Crippen LogP contribution in [0.2, 0.25) is 0 Å². The number of piperazine rings is 1. The van der Waals surface area contributed by atoms with Crippen molar-refractivity contribution in [1.29, 1.82) is 0 Å². The molecule has 4 nitrogen and oxygen atoms in total. The molecule has 4 heteroatoms. The average molecular weight is 296 g/mol. The lowest BCUT2D eigenvalue weighted by Gasteiger charge is -2.37. The van der Waals surface area contributed by atoms with Gasteiger partial charge in [-0.15, -0.1) is 0 Å². The highest BCUT2D eigenvalue weighted by atomic mass is 15.3. The van der Waals surface area contributed by atoms with Crippen LogP contribution in [0.15, 0.2) is 36.7 Å². The maximum atomic E-state index is 4.62. The molecule has 0 bridgehead atoms. The number of aromatic nitrogens is 2. The van der Waals surface area contributed by atoms with E-state index in [2.05, 4.69) is 64.8 Å². The Labute approximate surface area is 132 Å². The summed E-state index contributed by atoms with van der Waals surface area (Å²) in [6.45, 7) is 10.8. The molecule has 0 saturated carbocycles. The SMILES string of the molecule is Cc1ccc(-c2nccnc2N2CCN(C(C)C)CC2)cc1. The van der Waals surface area contributed by atoms with E-state index in [1.54, 1.807) is 12.4 Å². The van der Waals surface area contributed by atoms with Crippen molar-refractivity contribution in [2.75, 3.05) is 31.1 Å². The zero-order valence-electron chi connectivity index (χ0n) is 13.7. The molecule has 0 amide bonds. The van der Waals surface area contributed by atoms with Crippen LogP contribution >= 0.6 is 0 Å². The van der Waals surface area contributed by atoms with Gasteiger partial charge in [-0.2, -0.15) is 0 Å². The number of aryl methyl sites for hydroxylation is 1. The molecule has 1 fully saturated rings. The summed E-state index contributed by atoms with van der Waals surface area (Å²) in [5.74, 6) is 1.01. The third kappa shape index (κ3) is 3.12. The maximum absolute atomic E-state index is 4.62. The van der Waals surface area contributed by atoms with Crippen LogP contribution in [-0.2, 0) is 0 Å². The molecule has 1 aliphatic rings. The molecule has 22 heavy (non-hydrogen) atoms. The largest absolute Gasteiger partial charge is 0.352 e. The van der Waals surface area contributed by atoms with Gasteiger partial charge in [0, 0.05) is 50.2 Å². The molecule has 1 aromatic carbocycles. The summed E-state index contributed by atoms with van der Waals surface area (Å²) in [5.41, 5.74) is 3.39. The van der Waals surface area contributed by atoms with Crippen LogP contribution in [0.4, 0.5) is 5.82 Å². The summed E-state index contributed by atoms with van der Waals surface area (Å²) in [6.07, 6.45) is 3.57. The highest BCUT2D eigenvalue weighted by molar-refractivity contribution is 5.72. The van der Waals surface area contributed by atoms with E-state index < -0.39 is 0 Å². The van der Waals surface area contributed by atoms with E-state index in [-0.39, 0.29) is 0 Å². The van der Waals surface area contributed by atoms with Gasteiger partial charge in [-0.25, -0.2) is 4.98 Å². The van der Waals surface area contributed by atoms with Crippen LogP contribution in [0, 0.1) is 6.92 Å². The molecule has 1 saturated heterocycles. The summed E-state index contributed by atoms with van der Waals surface area (Å²) >= 11 is 0. The second-order valence-electron chi connectivity index (χ2n) is 6.21. The first-order chi connectivity index (χ1) is 10.6. The zero-order valence-corrected chi connectivity index (χ0v) is 13.7. The number of anilines is 1. The second kappa shape index (κ2) is 6.44. The molecule has 0 N–H and O–H groups in total. The third-order valence-electron chi connectivity index (χ3n) is 4.35. The summed E-state index contributed by atoms with van der Waals surface area (Å²) in [4.78, 5) is 14.1. The van der Waals surface area contributed by atoms with E-state index in [1.807, 2.05) is 0 Å². The summed E-state index contributed by atoms with van der Waals surface area (Å²) < 4.78 is 0. The molecule has 3 rings (SSSR count). The highest BCUT2D eigenvalue weighted by Gasteiger charge is 2.22. The molecule has 0 atom stereocenters. The van der Waals surface area contributed by atoms with Crippen LogP contribution in [0.25, 0.3) is 11.3 Å². The Hall–Kier alpha value is -1.94. The third-order valence-corrected chi connectivity index (χ3v) is 4.35. The Morgan fingerprint density at radius 3 is 2.18 bits per heavy atom. The van der Waals surface area contributed by atoms with Crippen molar-refractivity contribution >= 4 is 5.82 Å². The van der Waals surface area contributed by atoms with Gasteiger partial charge < -0.3 is 4.90 Å². The average Bonchev–Trinajstić information content (AvgIpc) is 2.56. The van der Waals surface area contributed by atoms with Crippen molar-refractivity contribution in [3.05, 3.63) is 42.2 Å². The predicted octanol–water partition coefficient (Wildman–Crippen LogP) is 2.98. The fourth-order valence-corrected chi connectivity index (χ4v) is 2.93. The van der Waals surface area contributed by atoms with Gasteiger partial charge in [0.05, 0.1) is 0 Å². The van der Waals surface area contributed by atoms with Crippen molar-refractivity contribution < 1.29 is 0 Å². The number of hydrogen-bond acceptors (Lipinski definition) is 4. The van der Waals surface area contributed by atoms with Gasteiger partial charge in [-0.3, -0.25) is 9.88 Å². The molecule has 2 heterocycles. The summed E-state index contributed by atoms with van der Waals surface area (Å²) in [5, 5.41) is 0. The molecule has 116 valence electrons. The summed E-state index contributed by atoms with van der Waals surface area (Å²) in [6, 6.07) is 9.13. The van der Waals surface area contributed by atoms with E-state index >= 15 is 0 Å². The van der Waals surface area contributed by atoms with Gasteiger partial charge >= 0.3 is 0 Å². The number of rotatable bonds is 3. The van der Waals surface area contributed by atoms with Gasteiger partial charge in [-0.05, 0) is 20.8 Å². The van der Waals surface area contributed by atoms with Crippen molar-refractivity contribution in [3.63, 3.8) is 0 Å². The first-order valence-corrected chi connectivity index (χ1v) is 8.02. The van der Waals surface area contributed by atoms with Crippen LogP contribution < -0.4 is 4.90 Å². The predicted molar refractivity (Wildman–Crippen MR) is 91.1 cm³/mol. The fraction of sp³-hybridized carbons (Fsp3) is 0.444. The Bertz CT molecular complexity index is 613. The van der Waals surface area contributed by atoms with Gasteiger partial charge in [0.25, 0.3) is 0 Å².